The minimum absolute atomic E-state index is 0.302. The highest BCUT2D eigenvalue weighted by Crippen LogP contribution is 2.40. The lowest BCUT2D eigenvalue weighted by Crippen LogP contribution is -2.46. The molecule has 0 spiro atoms. The van der Waals surface area contributed by atoms with Crippen LogP contribution in [0.3, 0.4) is 0 Å². The first kappa shape index (κ1) is 23.0. The predicted molar refractivity (Wildman–Crippen MR) is 135 cm³/mol. The van der Waals surface area contributed by atoms with E-state index >= 15 is 0 Å². The van der Waals surface area contributed by atoms with Gasteiger partial charge in [0.05, 0.1) is 12.1 Å². The monoisotopic (exact) mass is 454 g/mol. The lowest BCUT2D eigenvalue weighted by molar-refractivity contribution is 0.366. The number of aryl methyl sites for hydroxylation is 1. The Bertz CT molecular complexity index is 951. The van der Waals surface area contributed by atoms with E-state index in [1.165, 1.54) is 24.0 Å². The number of anilines is 2. The zero-order valence-corrected chi connectivity index (χ0v) is 20.4. The van der Waals surface area contributed by atoms with Crippen LogP contribution in [0.2, 0.25) is 0 Å². The first-order valence-corrected chi connectivity index (χ1v) is 12.5. The summed E-state index contributed by atoms with van der Waals surface area (Å²) in [6, 6.07) is 8.16. The number of nitrogens with zero attached hydrogens (tertiary/aromatic N) is 4. The first-order chi connectivity index (χ1) is 15.5. The molecule has 0 unspecified atom stereocenters. The summed E-state index contributed by atoms with van der Waals surface area (Å²) in [7, 11) is 2.09. The Balaban J connectivity index is 1.45. The van der Waals surface area contributed by atoms with Crippen molar-refractivity contribution in [3.8, 4) is 0 Å². The Morgan fingerprint density at radius 1 is 1.22 bits per heavy atom. The summed E-state index contributed by atoms with van der Waals surface area (Å²) in [5.41, 5.74) is 5.85. The molecule has 2 aliphatic rings. The molecule has 4 nitrogen and oxygen atoms in total. The summed E-state index contributed by atoms with van der Waals surface area (Å²) >= 11 is 0.302. The van der Waals surface area contributed by atoms with Crippen LogP contribution in [0.15, 0.2) is 41.9 Å². The molecule has 2 aromatic rings. The van der Waals surface area contributed by atoms with Gasteiger partial charge in [-0.1, -0.05) is 26.0 Å². The van der Waals surface area contributed by atoms with E-state index in [0.717, 1.165) is 74.2 Å². The maximum absolute atomic E-state index is 13.3. The molecule has 4 rings (SSSR count). The molecular formula is C26H35FN4S. The Morgan fingerprint density at radius 3 is 2.59 bits per heavy atom. The summed E-state index contributed by atoms with van der Waals surface area (Å²) < 4.78 is 13.3. The number of aromatic nitrogens is 1. The van der Waals surface area contributed by atoms with Crippen LogP contribution in [0.25, 0.3) is 5.70 Å². The minimum Gasteiger partial charge on any atom is -0.374 e. The van der Waals surface area contributed by atoms with Crippen LogP contribution in [-0.2, 0) is 0 Å². The average molecular weight is 455 g/mol. The third-order valence-corrected chi connectivity index (χ3v) is 7.14. The molecule has 1 aromatic carbocycles. The molecule has 1 aliphatic carbocycles. The predicted octanol–water partition coefficient (Wildman–Crippen LogP) is 6.27. The van der Waals surface area contributed by atoms with Crippen molar-refractivity contribution in [1.82, 2.24) is 9.88 Å². The van der Waals surface area contributed by atoms with Gasteiger partial charge in [-0.2, -0.15) is 3.89 Å². The Labute approximate surface area is 196 Å². The number of pyridine rings is 1. The zero-order valence-electron chi connectivity index (χ0n) is 19.6. The van der Waals surface area contributed by atoms with E-state index in [9.17, 15) is 3.89 Å². The number of hydrogen-bond acceptors (Lipinski definition) is 5. The van der Waals surface area contributed by atoms with Crippen molar-refractivity contribution in [2.24, 2.45) is 0 Å². The summed E-state index contributed by atoms with van der Waals surface area (Å²) in [6.07, 6.45) is 6.94. The number of hydrogen-bond donors (Lipinski definition) is 0. The van der Waals surface area contributed by atoms with Crippen molar-refractivity contribution in [3.05, 3.63) is 53.7 Å². The molecule has 6 heteroatoms. The fraction of sp³-hybridized carbons (Fsp3) is 0.500. The zero-order chi connectivity index (χ0) is 22.7. The SMILES string of the molecule is C=C(c1ccc(SF)cc1N(C)CCCC)N1CCN(c2ncc(C3CC3)cc2C)CC1. The molecule has 0 N–H and O–H groups in total. The average Bonchev–Trinajstić information content (AvgIpc) is 3.67. The highest BCUT2D eigenvalue weighted by Gasteiger charge is 2.26. The molecule has 1 saturated carbocycles. The second-order valence-electron chi connectivity index (χ2n) is 9.14. The maximum atomic E-state index is 13.3. The highest BCUT2D eigenvalue weighted by atomic mass is 32.2. The smallest absolute Gasteiger partial charge is 0.131 e. The van der Waals surface area contributed by atoms with Crippen molar-refractivity contribution in [2.45, 2.75) is 50.3 Å². The standard InChI is InChI=1S/C26H35FN4S/c1-5-6-11-29(4)25-17-23(32-27)9-10-24(25)20(3)30-12-14-31(15-13-30)26-19(2)16-22(18-28-26)21-7-8-21/h9-10,16-18,21H,3,5-8,11-15H2,1-2,4H3. The largest absolute Gasteiger partial charge is 0.374 e. The van der Waals surface area contributed by atoms with E-state index in [-0.39, 0.29) is 0 Å². The fourth-order valence-electron chi connectivity index (χ4n) is 4.55. The van der Waals surface area contributed by atoms with Crippen LogP contribution in [0, 0.1) is 6.92 Å². The Morgan fingerprint density at radius 2 is 1.97 bits per heavy atom. The second-order valence-corrected chi connectivity index (χ2v) is 9.76. The lowest BCUT2D eigenvalue weighted by atomic mass is 10.1. The van der Waals surface area contributed by atoms with Gasteiger partial charge in [0.2, 0.25) is 0 Å². The van der Waals surface area contributed by atoms with Gasteiger partial charge in [0.1, 0.15) is 5.82 Å². The van der Waals surface area contributed by atoms with Crippen LogP contribution >= 0.6 is 12.1 Å². The van der Waals surface area contributed by atoms with Gasteiger partial charge in [-0.15, -0.1) is 0 Å². The molecule has 1 saturated heterocycles. The van der Waals surface area contributed by atoms with E-state index in [2.05, 4.69) is 54.4 Å². The number of piperazine rings is 1. The molecular weight excluding hydrogens is 419 g/mol. The van der Waals surface area contributed by atoms with Gasteiger partial charge >= 0.3 is 0 Å². The Kier molecular flexibility index (Phi) is 7.29. The van der Waals surface area contributed by atoms with E-state index in [4.69, 9.17) is 4.98 Å². The molecule has 1 aromatic heterocycles. The summed E-state index contributed by atoms with van der Waals surface area (Å²) in [4.78, 5) is 12.4. The second kappa shape index (κ2) is 10.2. The van der Waals surface area contributed by atoms with Crippen molar-refractivity contribution >= 4 is 29.4 Å². The molecule has 2 heterocycles. The number of rotatable bonds is 9. The third kappa shape index (κ3) is 5.06. The molecule has 32 heavy (non-hydrogen) atoms. The van der Waals surface area contributed by atoms with Gasteiger partial charge in [0.25, 0.3) is 0 Å². The summed E-state index contributed by atoms with van der Waals surface area (Å²) in [5.74, 6) is 1.85. The van der Waals surface area contributed by atoms with Gasteiger partial charge in [-0.3, -0.25) is 0 Å². The van der Waals surface area contributed by atoms with Crippen molar-refractivity contribution in [3.63, 3.8) is 0 Å². The number of unbranched alkanes of at least 4 members (excludes halogenated alkanes) is 1. The molecule has 0 bridgehead atoms. The molecule has 0 atom stereocenters. The van der Waals surface area contributed by atoms with Gasteiger partial charge < -0.3 is 14.7 Å². The molecule has 1 aliphatic heterocycles. The van der Waals surface area contributed by atoms with Crippen LogP contribution in [0.5, 0.6) is 0 Å². The Hall–Kier alpha value is -2.21. The van der Waals surface area contributed by atoms with Gasteiger partial charge in [0.15, 0.2) is 0 Å². The van der Waals surface area contributed by atoms with Crippen molar-refractivity contribution < 1.29 is 3.89 Å². The van der Waals surface area contributed by atoms with E-state index in [0.29, 0.717) is 17.0 Å². The van der Waals surface area contributed by atoms with Gasteiger partial charge in [-0.25, -0.2) is 4.98 Å². The molecule has 0 amide bonds. The summed E-state index contributed by atoms with van der Waals surface area (Å²) in [6.45, 7) is 13.4. The maximum Gasteiger partial charge on any atom is 0.131 e. The van der Waals surface area contributed by atoms with Crippen LogP contribution in [0.4, 0.5) is 15.4 Å². The highest BCUT2D eigenvalue weighted by molar-refractivity contribution is 7.94. The van der Waals surface area contributed by atoms with Crippen molar-refractivity contribution in [1.29, 1.82) is 0 Å². The fourth-order valence-corrected chi connectivity index (χ4v) is 4.83. The van der Waals surface area contributed by atoms with Gasteiger partial charge in [0, 0.05) is 67.8 Å². The van der Waals surface area contributed by atoms with Gasteiger partial charge in [-0.05, 0) is 61.4 Å². The molecule has 0 radical (unpaired) electrons. The van der Waals surface area contributed by atoms with E-state index < -0.39 is 0 Å². The van der Waals surface area contributed by atoms with E-state index in [1.807, 2.05) is 18.2 Å². The van der Waals surface area contributed by atoms with Crippen LogP contribution < -0.4 is 9.80 Å². The molecule has 172 valence electrons. The summed E-state index contributed by atoms with van der Waals surface area (Å²) in [5, 5.41) is 0. The topological polar surface area (TPSA) is 22.6 Å². The minimum atomic E-state index is 0.302. The number of halogens is 1. The first-order valence-electron chi connectivity index (χ1n) is 11.8. The normalized spacial score (nSPS) is 16.4. The van der Waals surface area contributed by atoms with Crippen molar-refractivity contribution in [2.75, 3.05) is 49.6 Å². The molecule has 2 fully saturated rings. The van der Waals surface area contributed by atoms with Crippen LogP contribution in [-0.4, -0.2) is 49.7 Å². The van der Waals surface area contributed by atoms with E-state index in [1.54, 1.807) is 0 Å². The van der Waals surface area contributed by atoms with Crippen LogP contribution in [0.1, 0.15) is 55.2 Å². The lowest BCUT2D eigenvalue weighted by Gasteiger charge is -2.39. The quantitative estimate of drug-likeness (QED) is 0.444. The number of benzene rings is 1. The third-order valence-electron chi connectivity index (χ3n) is 6.71.